The summed E-state index contributed by atoms with van der Waals surface area (Å²) in [5, 5.41) is 0. The third kappa shape index (κ3) is 3.87. The molecule has 0 aromatic heterocycles. The van der Waals surface area contributed by atoms with Crippen LogP contribution in [0.4, 0.5) is 0 Å². The highest BCUT2D eigenvalue weighted by atomic mass is 16.5. The summed E-state index contributed by atoms with van der Waals surface area (Å²) in [6.45, 7) is 6.54. The van der Waals surface area contributed by atoms with Crippen LogP contribution in [0.25, 0.3) is 0 Å². The van der Waals surface area contributed by atoms with Gasteiger partial charge >= 0.3 is 5.97 Å². The molecule has 0 aliphatic heterocycles. The Kier molecular flexibility index (Phi) is 5.36. The zero-order valence-electron chi connectivity index (χ0n) is 10.9. The number of aldehydes is 1. The Morgan fingerprint density at radius 2 is 2.11 bits per heavy atom. The van der Waals surface area contributed by atoms with E-state index in [1.54, 1.807) is 25.1 Å². The van der Waals surface area contributed by atoms with Crippen molar-refractivity contribution in [1.82, 2.24) is 0 Å². The van der Waals surface area contributed by atoms with Gasteiger partial charge in [-0.05, 0) is 25.0 Å². The second kappa shape index (κ2) is 6.79. The first-order valence-corrected chi connectivity index (χ1v) is 5.97. The van der Waals surface area contributed by atoms with Crippen LogP contribution < -0.4 is 4.74 Å². The van der Waals surface area contributed by atoms with Crippen LogP contribution in [0.3, 0.4) is 0 Å². The fraction of sp³-hybridized carbons (Fsp3) is 0.429. The largest absolute Gasteiger partial charge is 0.492 e. The summed E-state index contributed by atoms with van der Waals surface area (Å²) in [5.41, 5.74) is 0.824. The van der Waals surface area contributed by atoms with Gasteiger partial charge in [0, 0.05) is 5.56 Å². The van der Waals surface area contributed by atoms with E-state index < -0.39 is 5.97 Å². The molecule has 1 aromatic rings. The number of esters is 1. The van der Waals surface area contributed by atoms with Gasteiger partial charge in [-0.2, -0.15) is 0 Å². The first-order chi connectivity index (χ1) is 8.58. The minimum absolute atomic E-state index is 0.303. The molecule has 0 aliphatic carbocycles. The quantitative estimate of drug-likeness (QED) is 0.575. The van der Waals surface area contributed by atoms with Crippen molar-refractivity contribution in [3.05, 3.63) is 29.3 Å². The SMILES string of the molecule is CCOC(=O)c1ccc(C=O)cc1OCC(C)C. The van der Waals surface area contributed by atoms with Gasteiger partial charge in [-0.25, -0.2) is 4.79 Å². The molecule has 0 radical (unpaired) electrons. The van der Waals surface area contributed by atoms with E-state index in [1.807, 2.05) is 13.8 Å². The lowest BCUT2D eigenvalue weighted by molar-refractivity contribution is 0.0520. The summed E-state index contributed by atoms with van der Waals surface area (Å²) >= 11 is 0. The van der Waals surface area contributed by atoms with Crippen molar-refractivity contribution in [2.75, 3.05) is 13.2 Å². The van der Waals surface area contributed by atoms with Crippen molar-refractivity contribution in [2.45, 2.75) is 20.8 Å². The van der Waals surface area contributed by atoms with E-state index in [0.29, 0.717) is 36.0 Å². The zero-order valence-corrected chi connectivity index (χ0v) is 10.9. The summed E-state index contributed by atoms with van der Waals surface area (Å²) < 4.78 is 10.5. The van der Waals surface area contributed by atoms with Crippen molar-refractivity contribution >= 4 is 12.3 Å². The van der Waals surface area contributed by atoms with Crippen molar-refractivity contribution in [1.29, 1.82) is 0 Å². The van der Waals surface area contributed by atoms with Gasteiger partial charge in [0.05, 0.1) is 13.2 Å². The Morgan fingerprint density at radius 1 is 1.39 bits per heavy atom. The molecule has 1 rings (SSSR count). The molecule has 1 aromatic carbocycles. The molecule has 0 heterocycles. The van der Waals surface area contributed by atoms with Crippen LogP contribution in [0, 0.1) is 5.92 Å². The highest BCUT2D eigenvalue weighted by Gasteiger charge is 2.14. The van der Waals surface area contributed by atoms with Crippen LogP contribution in [-0.4, -0.2) is 25.5 Å². The maximum Gasteiger partial charge on any atom is 0.341 e. The molecular formula is C14H18O4. The van der Waals surface area contributed by atoms with Gasteiger partial charge < -0.3 is 9.47 Å². The predicted molar refractivity (Wildman–Crippen MR) is 68.1 cm³/mol. The topological polar surface area (TPSA) is 52.6 Å². The molecule has 0 aliphatic rings. The van der Waals surface area contributed by atoms with Crippen LogP contribution in [0.5, 0.6) is 5.75 Å². The molecule has 0 amide bonds. The van der Waals surface area contributed by atoms with Crippen LogP contribution in [-0.2, 0) is 4.74 Å². The predicted octanol–water partition coefficient (Wildman–Crippen LogP) is 2.71. The summed E-state index contributed by atoms with van der Waals surface area (Å²) in [5.74, 6) is 0.292. The third-order valence-electron chi connectivity index (χ3n) is 2.21. The van der Waals surface area contributed by atoms with E-state index in [-0.39, 0.29) is 0 Å². The molecule has 18 heavy (non-hydrogen) atoms. The Hall–Kier alpha value is -1.84. The van der Waals surface area contributed by atoms with Gasteiger partial charge in [-0.15, -0.1) is 0 Å². The van der Waals surface area contributed by atoms with E-state index in [2.05, 4.69) is 0 Å². The zero-order chi connectivity index (χ0) is 13.5. The molecule has 4 heteroatoms. The van der Waals surface area contributed by atoms with E-state index in [4.69, 9.17) is 9.47 Å². The normalized spacial score (nSPS) is 10.2. The Labute approximate surface area is 107 Å². The number of carbonyl (C=O) groups is 2. The maximum atomic E-state index is 11.7. The third-order valence-corrected chi connectivity index (χ3v) is 2.21. The van der Waals surface area contributed by atoms with E-state index in [9.17, 15) is 9.59 Å². The Bertz CT molecular complexity index is 424. The van der Waals surface area contributed by atoms with Crippen LogP contribution in [0.1, 0.15) is 41.5 Å². The lowest BCUT2D eigenvalue weighted by atomic mass is 10.1. The van der Waals surface area contributed by atoms with E-state index in [1.165, 1.54) is 0 Å². The van der Waals surface area contributed by atoms with Crippen molar-refractivity contribution < 1.29 is 19.1 Å². The first-order valence-electron chi connectivity index (χ1n) is 5.97. The smallest absolute Gasteiger partial charge is 0.341 e. The molecule has 0 saturated carbocycles. The number of rotatable bonds is 6. The number of carbonyl (C=O) groups excluding carboxylic acids is 2. The van der Waals surface area contributed by atoms with Gasteiger partial charge in [-0.1, -0.05) is 19.9 Å². The molecular weight excluding hydrogens is 232 g/mol. The molecule has 0 bridgehead atoms. The van der Waals surface area contributed by atoms with Gasteiger partial charge in [0.25, 0.3) is 0 Å². The number of ether oxygens (including phenoxy) is 2. The summed E-state index contributed by atoms with van der Waals surface area (Å²) in [4.78, 5) is 22.5. The monoisotopic (exact) mass is 250 g/mol. The van der Waals surface area contributed by atoms with E-state index >= 15 is 0 Å². The number of benzene rings is 1. The Morgan fingerprint density at radius 3 is 2.67 bits per heavy atom. The fourth-order valence-electron chi connectivity index (χ4n) is 1.37. The maximum absolute atomic E-state index is 11.7. The molecule has 4 nitrogen and oxygen atoms in total. The van der Waals surface area contributed by atoms with E-state index in [0.717, 1.165) is 6.29 Å². The average molecular weight is 250 g/mol. The lowest BCUT2D eigenvalue weighted by Gasteiger charge is -2.12. The highest BCUT2D eigenvalue weighted by Crippen LogP contribution is 2.21. The molecule has 0 fully saturated rings. The standard InChI is InChI=1S/C14H18O4/c1-4-17-14(16)12-6-5-11(8-15)7-13(12)18-9-10(2)3/h5-8,10H,4,9H2,1-3H3. The number of hydrogen-bond donors (Lipinski definition) is 0. The average Bonchev–Trinajstić information content (AvgIpc) is 2.36. The summed E-state index contributed by atoms with van der Waals surface area (Å²) in [7, 11) is 0. The molecule has 0 spiro atoms. The molecule has 0 unspecified atom stereocenters. The Balaban J connectivity index is 2.99. The van der Waals surface area contributed by atoms with Crippen LogP contribution in [0.15, 0.2) is 18.2 Å². The summed E-state index contributed by atoms with van der Waals surface area (Å²) in [6.07, 6.45) is 0.719. The molecule has 0 saturated heterocycles. The lowest BCUT2D eigenvalue weighted by Crippen LogP contribution is -2.11. The fourth-order valence-corrected chi connectivity index (χ4v) is 1.37. The molecule has 98 valence electrons. The van der Waals surface area contributed by atoms with Crippen molar-refractivity contribution in [3.8, 4) is 5.75 Å². The highest BCUT2D eigenvalue weighted by molar-refractivity contribution is 5.93. The second-order valence-corrected chi connectivity index (χ2v) is 4.30. The van der Waals surface area contributed by atoms with Crippen LogP contribution in [0.2, 0.25) is 0 Å². The minimum Gasteiger partial charge on any atom is -0.492 e. The minimum atomic E-state index is -0.436. The molecule has 0 N–H and O–H groups in total. The number of hydrogen-bond acceptors (Lipinski definition) is 4. The van der Waals surface area contributed by atoms with Crippen LogP contribution >= 0.6 is 0 Å². The van der Waals surface area contributed by atoms with Gasteiger partial charge in [-0.3, -0.25) is 4.79 Å². The van der Waals surface area contributed by atoms with Gasteiger partial charge in [0.15, 0.2) is 0 Å². The summed E-state index contributed by atoms with van der Waals surface area (Å²) in [6, 6.07) is 4.68. The van der Waals surface area contributed by atoms with Gasteiger partial charge in [0.1, 0.15) is 17.6 Å². The second-order valence-electron chi connectivity index (χ2n) is 4.30. The first kappa shape index (κ1) is 14.2. The van der Waals surface area contributed by atoms with Crippen molar-refractivity contribution in [2.24, 2.45) is 5.92 Å². The molecule has 0 atom stereocenters. The van der Waals surface area contributed by atoms with Crippen molar-refractivity contribution in [3.63, 3.8) is 0 Å². The van der Waals surface area contributed by atoms with Gasteiger partial charge in [0.2, 0.25) is 0 Å².